The number of hydrogen-bond acceptors (Lipinski definition) is 4. The van der Waals surface area contributed by atoms with Crippen LogP contribution in [0.15, 0.2) is 24.5 Å². The van der Waals surface area contributed by atoms with Crippen LogP contribution in [-0.4, -0.2) is 49.2 Å². The van der Waals surface area contributed by atoms with E-state index in [1.807, 2.05) is 6.92 Å². The van der Waals surface area contributed by atoms with E-state index in [2.05, 4.69) is 30.0 Å². The summed E-state index contributed by atoms with van der Waals surface area (Å²) in [6.45, 7) is 4.61. The molecule has 152 valence electrons. The van der Waals surface area contributed by atoms with E-state index in [1.54, 1.807) is 18.5 Å². The predicted molar refractivity (Wildman–Crippen MR) is 107 cm³/mol. The smallest absolute Gasteiger partial charge is 0.267 e. The van der Waals surface area contributed by atoms with Crippen LogP contribution in [0.2, 0.25) is 0 Å². The van der Waals surface area contributed by atoms with Gasteiger partial charge < -0.3 is 14.9 Å². The van der Waals surface area contributed by atoms with Gasteiger partial charge in [-0.2, -0.15) is 0 Å². The summed E-state index contributed by atoms with van der Waals surface area (Å²) in [6, 6.07) is 5.34. The molecule has 0 radical (unpaired) electrons. The highest BCUT2D eigenvalue weighted by Crippen LogP contribution is 2.27. The van der Waals surface area contributed by atoms with Crippen molar-refractivity contribution in [3.05, 3.63) is 47.4 Å². The van der Waals surface area contributed by atoms with E-state index in [0.29, 0.717) is 22.6 Å². The quantitative estimate of drug-likeness (QED) is 0.714. The zero-order chi connectivity index (χ0) is 20.0. The Hall–Kier alpha value is -2.74. The van der Waals surface area contributed by atoms with Gasteiger partial charge in [0.25, 0.3) is 5.91 Å². The minimum atomic E-state index is -0.309. The minimum Gasteiger partial charge on any atom is -0.350 e. The molecule has 8 heteroatoms. The van der Waals surface area contributed by atoms with Crippen molar-refractivity contribution in [1.82, 2.24) is 30.0 Å². The standard InChI is InChI=1S/C21H25FN6O/c1-13-5-6-17(22)16-10-18(25-20(13)16)21(29)24-14-3-2-4-15(9-14)27-7-8-28-12-23-26-19(28)11-27/h5-6,10,12,14-15,25H,2-4,7-9,11H2,1H3,(H,24,29)/t14-,15+/m1/s1. The summed E-state index contributed by atoms with van der Waals surface area (Å²) < 4.78 is 16.2. The van der Waals surface area contributed by atoms with Crippen molar-refractivity contribution in [2.75, 3.05) is 6.54 Å². The molecule has 1 aliphatic carbocycles. The molecule has 1 fully saturated rings. The van der Waals surface area contributed by atoms with Gasteiger partial charge in [-0.1, -0.05) is 6.07 Å². The van der Waals surface area contributed by atoms with E-state index in [9.17, 15) is 9.18 Å². The molecule has 2 aliphatic rings. The van der Waals surface area contributed by atoms with Crippen molar-refractivity contribution in [3.63, 3.8) is 0 Å². The van der Waals surface area contributed by atoms with Crippen LogP contribution in [0.1, 0.15) is 47.6 Å². The van der Waals surface area contributed by atoms with Crippen molar-refractivity contribution in [1.29, 1.82) is 0 Å². The summed E-state index contributed by atoms with van der Waals surface area (Å²) >= 11 is 0. The lowest BCUT2D eigenvalue weighted by atomic mass is 9.89. The lowest BCUT2D eigenvalue weighted by molar-refractivity contribution is 0.0850. The number of hydrogen-bond donors (Lipinski definition) is 2. The average Bonchev–Trinajstić information content (AvgIpc) is 3.38. The first-order valence-electron chi connectivity index (χ1n) is 10.3. The molecule has 7 nitrogen and oxygen atoms in total. The summed E-state index contributed by atoms with van der Waals surface area (Å²) in [5, 5.41) is 11.8. The normalized spacial score (nSPS) is 22.6. The maximum absolute atomic E-state index is 14.1. The summed E-state index contributed by atoms with van der Waals surface area (Å²) in [7, 11) is 0. The fourth-order valence-corrected chi connectivity index (χ4v) is 4.73. The third kappa shape index (κ3) is 3.42. The van der Waals surface area contributed by atoms with Crippen LogP contribution in [0.25, 0.3) is 10.9 Å². The molecule has 0 bridgehead atoms. The van der Waals surface area contributed by atoms with E-state index in [4.69, 9.17) is 0 Å². The maximum atomic E-state index is 14.1. The monoisotopic (exact) mass is 396 g/mol. The predicted octanol–water partition coefficient (Wildman–Crippen LogP) is 2.76. The molecule has 1 amide bonds. The van der Waals surface area contributed by atoms with Gasteiger partial charge in [-0.15, -0.1) is 10.2 Å². The molecule has 2 atom stereocenters. The van der Waals surface area contributed by atoms with Crippen molar-refractivity contribution >= 4 is 16.8 Å². The molecule has 29 heavy (non-hydrogen) atoms. The molecule has 1 aliphatic heterocycles. The number of rotatable bonds is 3. The highest BCUT2D eigenvalue weighted by Gasteiger charge is 2.30. The molecule has 0 spiro atoms. The molecule has 1 aromatic carbocycles. The molecular formula is C21H25FN6O. The number of H-pyrrole nitrogens is 1. The van der Waals surface area contributed by atoms with Crippen LogP contribution in [-0.2, 0) is 13.1 Å². The van der Waals surface area contributed by atoms with Crippen molar-refractivity contribution in [2.24, 2.45) is 0 Å². The van der Waals surface area contributed by atoms with Crippen LogP contribution in [0, 0.1) is 12.7 Å². The Balaban J connectivity index is 1.26. The average molecular weight is 396 g/mol. The number of aromatic nitrogens is 4. The lowest BCUT2D eigenvalue weighted by Gasteiger charge is -2.39. The van der Waals surface area contributed by atoms with Gasteiger partial charge in [0, 0.05) is 30.6 Å². The fraction of sp³-hybridized carbons (Fsp3) is 0.476. The van der Waals surface area contributed by atoms with Gasteiger partial charge in [0.2, 0.25) is 0 Å². The number of carbonyl (C=O) groups is 1. The van der Waals surface area contributed by atoms with Crippen molar-refractivity contribution in [3.8, 4) is 0 Å². The van der Waals surface area contributed by atoms with Gasteiger partial charge in [0.1, 0.15) is 23.7 Å². The molecule has 0 saturated heterocycles. The number of benzene rings is 1. The van der Waals surface area contributed by atoms with Crippen LogP contribution in [0.3, 0.4) is 0 Å². The van der Waals surface area contributed by atoms with Crippen LogP contribution < -0.4 is 5.32 Å². The molecule has 5 rings (SSSR count). The summed E-state index contributed by atoms with van der Waals surface area (Å²) in [5.41, 5.74) is 2.03. The highest BCUT2D eigenvalue weighted by molar-refractivity contribution is 5.99. The first-order valence-corrected chi connectivity index (χ1v) is 10.3. The Kier molecular flexibility index (Phi) is 4.58. The Morgan fingerprint density at radius 2 is 2.21 bits per heavy atom. The Labute approximate surface area is 168 Å². The van der Waals surface area contributed by atoms with Crippen molar-refractivity contribution in [2.45, 2.75) is 57.8 Å². The summed E-state index contributed by atoms with van der Waals surface area (Å²) in [4.78, 5) is 18.4. The van der Waals surface area contributed by atoms with Crippen LogP contribution >= 0.6 is 0 Å². The fourth-order valence-electron chi connectivity index (χ4n) is 4.73. The maximum Gasteiger partial charge on any atom is 0.267 e. The number of aromatic amines is 1. The first kappa shape index (κ1) is 18.3. The van der Waals surface area contributed by atoms with Gasteiger partial charge >= 0.3 is 0 Å². The number of carbonyl (C=O) groups excluding carboxylic acids is 1. The Morgan fingerprint density at radius 3 is 3.07 bits per heavy atom. The molecular weight excluding hydrogens is 371 g/mol. The topological polar surface area (TPSA) is 78.8 Å². The third-order valence-electron chi connectivity index (χ3n) is 6.36. The second-order valence-corrected chi connectivity index (χ2v) is 8.24. The van der Waals surface area contributed by atoms with Gasteiger partial charge in [-0.25, -0.2) is 4.39 Å². The lowest BCUT2D eigenvalue weighted by Crippen LogP contribution is -2.48. The number of amides is 1. The molecule has 2 N–H and O–H groups in total. The van der Waals surface area contributed by atoms with Crippen molar-refractivity contribution < 1.29 is 9.18 Å². The first-order chi connectivity index (χ1) is 14.1. The van der Waals surface area contributed by atoms with Gasteiger partial charge in [0.15, 0.2) is 0 Å². The Bertz CT molecular complexity index is 1020. The largest absolute Gasteiger partial charge is 0.350 e. The highest BCUT2D eigenvalue weighted by atomic mass is 19.1. The number of halogens is 1. The zero-order valence-corrected chi connectivity index (χ0v) is 16.5. The molecule has 1 saturated carbocycles. The van der Waals surface area contributed by atoms with E-state index in [0.717, 1.165) is 56.7 Å². The van der Waals surface area contributed by atoms with E-state index < -0.39 is 0 Å². The minimum absolute atomic E-state index is 0.124. The second-order valence-electron chi connectivity index (χ2n) is 8.24. The number of aryl methyl sites for hydroxylation is 1. The SMILES string of the molecule is Cc1ccc(F)c2cc(C(=O)N[C@@H]3CCC[C@H](N4CCn5cnnc5C4)C3)[nH]c12. The number of fused-ring (bicyclic) bond motifs is 2. The molecule has 3 heterocycles. The molecule has 2 aromatic heterocycles. The molecule has 3 aromatic rings. The zero-order valence-electron chi connectivity index (χ0n) is 16.5. The molecule has 0 unspecified atom stereocenters. The number of nitrogens with one attached hydrogen (secondary N) is 2. The van der Waals surface area contributed by atoms with Crippen LogP contribution in [0.5, 0.6) is 0 Å². The second kappa shape index (κ2) is 7.26. The van der Waals surface area contributed by atoms with E-state index >= 15 is 0 Å². The van der Waals surface area contributed by atoms with Gasteiger partial charge in [-0.3, -0.25) is 9.69 Å². The third-order valence-corrected chi connectivity index (χ3v) is 6.36. The van der Waals surface area contributed by atoms with Crippen LogP contribution in [0.4, 0.5) is 4.39 Å². The summed E-state index contributed by atoms with van der Waals surface area (Å²) in [5.74, 6) is 0.540. The van der Waals surface area contributed by atoms with Gasteiger partial charge in [-0.05, 0) is 50.3 Å². The summed E-state index contributed by atoms with van der Waals surface area (Å²) in [6.07, 6.45) is 5.91. The number of nitrogens with zero attached hydrogens (tertiary/aromatic N) is 4. The van der Waals surface area contributed by atoms with Gasteiger partial charge in [0.05, 0.1) is 12.1 Å². The van der Waals surface area contributed by atoms with E-state index in [-0.39, 0.29) is 17.8 Å². The van der Waals surface area contributed by atoms with E-state index in [1.165, 1.54) is 6.07 Å². The Morgan fingerprint density at radius 1 is 1.31 bits per heavy atom.